The molecule has 0 aliphatic carbocycles. The fourth-order valence-electron chi connectivity index (χ4n) is 1.33. The molecule has 7 nitrogen and oxygen atoms in total. The summed E-state index contributed by atoms with van der Waals surface area (Å²) in [5.74, 6) is 0. The zero-order valence-electron chi connectivity index (χ0n) is 11.5. The van der Waals surface area contributed by atoms with Gasteiger partial charge < -0.3 is 18.9 Å². The van der Waals surface area contributed by atoms with Gasteiger partial charge in [-0.15, -0.1) is 5.10 Å². The van der Waals surface area contributed by atoms with Crippen molar-refractivity contribution in [1.29, 1.82) is 0 Å². The van der Waals surface area contributed by atoms with Crippen molar-refractivity contribution < 1.29 is 18.9 Å². The van der Waals surface area contributed by atoms with Gasteiger partial charge in [0.1, 0.15) is 0 Å². The summed E-state index contributed by atoms with van der Waals surface area (Å²) in [7, 11) is 0. The van der Waals surface area contributed by atoms with Crippen LogP contribution in [0.15, 0.2) is 6.20 Å². The van der Waals surface area contributed by atoms with Crippen LogP contribution in [0.4, 0.5) is 0 Å². The highest BCUT2D eigenvalue weighted by atomic mass is 16.6. The van der Waals surface area contributed by atoms with E-state index in [1.54, 1.807) is 6.20 Å². The highest BCUT2D eigenvalue weighted by Crippen LogP contribution is 1.91. The van der Waals surface area contributed by atoms with Gasteiger partial charge in [-0.1, -0.05) is 5.21 Å². The zero-order valence-corrected chi connectivity index (χ0v) is 11.5. The van der Waals surface area contributed by atoms with Crippen molar-refractivity contribution in [2.24, 2.45) is 0 Å². The molecule has 1 aromatic heterocycles. The second-order valence-electron chi connectivity index (χ2n) is 3.77. The minimum atomic E-state index is 0.579. The third-order valence-electron chi connectivity index (χ3n) is 2.30. The lowest BCUT2D eigenvalue weighted by Crippen LogP contribution is -2.12. The summed E-state index contributed by atoms with van der Waals surface area (Å²) < 4.78 is 21.2. The molecule has 0 radical (unpaired) electrons. The van der Waals surface area contributed by atoms with Crippen molar-refractivity contribution in [2.45, 2.75) is 13.3 Å². The van der Waals surface area contributed by atoms with Crippen molar-refractivity contribution in [3.8, 4) is 0 Å². The first kappa shape index (κ1) is 16.0. The van der Waals surface area contributed by atoms with E-state index in [9.17, 15) is 0 Å². The molecule has 0 aliphatic rings. The molecule has 1 aromatic rings. The summed E-state index contributed by atoms with van der Waals surface area (Å²) in [4.78, 5) is 0. The largest absolute Gasteiger partial charge is 0.379 e. The molecule has 0 saturated carbocycles. The summed E-state index contributed by atoms with van der Waals surface area (Å²) >= 11 is 0. The molecule has 0 bridgehead atoms. The Kier molecular flexibility index (Phi) is 10.2. The van der Waals surface area contributed by atoms with Crippen molar-refractivity contribution in [2.75, 3.05) is 52.9 Å². The Morgan fingerprint density at radius 3 is 2.00 bits per heavy atom. The summed E-state index contributed by atoms with van der Waals surface area (Å²) in [6, 6.07) is 0. The first-order chi connectivity index (χ1) is 9.43. The van der Waals surface area contributed by atoms with E-state index in [0.717, 1.165) is 18.7 Å². The Labute approximate surface area is 113 Å². The maximum absolute atomic E-state index is 5.41. The third-order valence-corrected chi connectivity index (χ3v) is 2.30. The van der Waals surface area contributed by atoms with Crippen LogP contribution >= 0.6 is 0 Å². The fourth-order valence-corrected chi connectivity index (χ4v) is 1.33. The Bertz CT molecular complexity index is 283. The van der Waals surface area contributed by atoms with E-state index in [-0.39, 0.29) is 0 Å². The molecule has 0 atom stereocenters. The number of aromatic amines is 1. The van der Waals surface area contributed by atoms with Crippen molar-refractivity contribution in [3.05, 3.63) is 11.9 Å². The van der Waals surface area contributed by atoms with Gasteiger partial charge in [0.25, 0.3) is 0 Å². The molecule has 0 fully saturated rings. The average Bonchev–Trinajstić information content (AvgIpc) is 2.93. The number of aromatic nitrogens is 3. The molecular formula is C12H23N3O4. The molecule has 0 spiro atoms. The summed E-state index contributed by atoms with van der Waals surface area (Å²) in [6.07, 6.45) is 2.48. The van der Waals surface area contributed by atoms with E-state index in [1.807, 2.05) is 6.92 Å². The third kappa shape index (κ3) is 9.54. The lowest BCUT2D eigenvalue weighted by Gasteiger charge is -2.06. The first-order valence-corrected chi connectivity index (χ1v) is 6.59. The predicted octanol–water partition coefficient (Wildman–Crippen LogP) is 0.433. The van der Waals surface area contributed by atoms with Gasteiger partial charge in [0.05, 0.1) is 58.1 Å². The van der Waals surface area contributed by atoms with Gasteiger partial charge in [-0.05, 0) is 6.92 Å². The van der Waals surface area contributed by atoms with Gasteiger partial charge in [0.2, 0.25) is 0 Å². The van der Waals surface area contributed by atoms with Gasteiger partial charge in [-0.2, -0.15) is 0 Å². The van der Waals surface area contributed by atoms with Crippen LogP contribution in [-0.2, 0) is 25.4 Å². The zero-order chi connectivity index (χ0) is 13.6. The van der Waals surface area contributed by atoms with E-state index in [4.69, 9.17) is 18.9 Å². The topological polar surface area (TPSA) is 78.5 Å². The smallest absolute Gasteiger partial charge is 0.0723 e. The second-order valence-corrected chi connectivity index (χ2v) is 3.77. The highest BCUT2D eigenvalue weighted by molar-refractivity contribution is 4.89. The highest BCUT2D eigenvalue weighted by Gasteiger charge is 1.95. The molecule has 110 valence electrons. The minimum Gasteiger partial charge on any atom is -0.379 e. The first-order valence-electron chi connectivity index (χ1n) is 6.59. The van der Waals surface area contributed by atoms with Crippen LogP contribution < -0.4 is 0 Å². The summed E-state index contributed by atoms with van der Waals surface area (Å²) in [6.45, 7) is 6.92. The quantitative estimate of drug-likeness (QED) is 0.525. The van der Waals surface area contributed by atoms with Gasteiger partial charge in [0.15, 0.2) is 0 Å². The molecule has 1 heterocycles. The van der Waals surface area contributed by atoms with Crippen LogP contribution in [0.1, 0.15) is 12.6 Å². The van der Waals surface area contributed by atoms with Crippen LogP contribution in [0.3, 0.4) is 0 Å². The van der Waals surface area contributed by atoms with E-state index in [0.29, 0.717) is 46.2 Å². The number of ether oxygens (including phenoxy) is 4. The Hall–Kier alpha value is -1.02. The maximum Gasteiger partial charge on any atom is 0.0723 e. The predicted molar refractivity (Wildman–Crippen MR) is 69.0 cm³/mol. The Morgan fingerprint density at radius 2 is 1.47 bits per heavy atom. The summed E-state index contributed by atoms with van der Waals surface area (Å²) in [5, 5.41) is 10.1. The maximum atomic E-state index is 5.41. The van der Waals surface area contributed by atoms with Crippen LogP contribution in [-0.4, -0.2) is 68.3 Å². The number of hydrogen-bond acceptors (Lipinski definition) is 6. The lowest BCUT2D eigenvalue weighted by atomic mass is 10.3. The molecule has 1 rings (SSSR count). The molecule has 1 N–H and O–H groups in total. The van der Waals surface area contributed by atoms with Crippen molar-refractivity contribution >= 4 is 0 Å². The second kappa shape index (κ2) is 12.0. The molecule has 0 amide bonds. The van der Waals surface area contributed by atoms with Gasteiger partial charge >= 0.3 is 0 Å². The normalized spacial score (nSPS) is 11.0. The molecule has 0 saturated heterocycles. The van der Waals surface area contributed by atoms with E-state index in [1.165, 1.54) is 0 Å². The van der Waals surface area contributed by atoms with Crippen LogP contribution in [0.5, 0.6) is 0 Å². The number of H-pyrrole nitrogens is 1. The molecule has 0 aromatic carbocycles. The van der Waals surface area contributed by atoms with Crippen molar-refractivity contribution in [1.82, 2.24) is 15.4 Å². The minimum absolute atomic E-state index is 0.579. The number of hydrogen-bond donors (Lipinski definition) is 1. The monoisotopic (exact) mass is 273 g/mol. The fraction of sp³-hybridized carbons (Fsp3) is 0.833. The number of nitrogens with zero attached hydrogens (tertiary/aromatic N) is 2. The SMILES string of the molecule is CCOCCOCCOCCOCCc1cnn[nH]1. The van der Waals surface area contributed by atoms with E-state index < -0.39 is 0 Å². The van der Waals surface area contributed by atoms with Gasteiger partial charge in [0, 0.05) is 13.0 Å². The Morgan fingerprint density at radius 1 is 0.895 bits per heavy atom. The van der Waals surface area contributed by atoms with Crippen LogP contribution in [0.2, 0.25) is 0 Å². The van der Waals surface area contributed by atoms with Gasteiger partial charge in [-0.3, -0.25) is 5.10 Å². The lowest BCUT2D eigenvalue weighted by molar-refractivity contribution is -0.000195. The van der Waals surface area contributed by atoms with E-state index >= 15 is 0 Å². The van der Waals surface area contributed by atoms with Crippen molar-refractivity contribution in [3.63, 3.8) is 0 Å². The molecule has 0 unspecified atom stereocenters. The molecule has 19 heavy (non-hydrogen) atoms. The van der Waals surface area contributed by atoms with E-state index in [2.05, 4.69) is 15.4 Å². The Balaban J connectivity index is 1.72. The van der Waals surface area contributed by atoms with Crippen LogP contribution in [0.25, 0.3) is 0 Å². The number of nitrogens with one attached hydrogen (secondary N) is 1. The molecular weight excluding hydrogens is 250 g/mol. The van der Waals surface area contributed by atoms with Crippen LogP contribution in [0, 0.1) is 0 Å². The molecule has 7 heteroatoms. The standard InChI is InChI=1S/C12H23N3O4/c1-2-16-5-6-18-9-10-19-8-7-17-4-3-12-11-13-15-14-12/h11H,2-10H2,1H3,(H,13,14,15). The number of rotatable bonds is 13. The summed E-state index contributed by atoms with van der Waals surface area (Å²) in [5.41, 5.74) is 0.976. The van der Waals surface area contributed by atoms with Gasteiger partial charge in [-0.25, -0.2) is 0 Å². The molecule has 0 aliphatic heterocycles. The average molecular weight is 273 g/mol.